The second kappa shape index (κ2) is 78.1. The maximum atomic E-state index is 13.1. The van der Waals surface area contributed by atoms with E-state index in [-0.39, 0.29) is 25.7 Å². The molecule has 0 heterocycles. The van der Waals surface area contributed by atoms with Gasteiger partial charge in [-0.3, -0.25) is 37.3 Å². The molecule has 19 heteroatoms. The molecule has 0 saturated heterocycles. The molecule has 0 bridgehead atoms. The number of phosphoric ester groups is 2. The van der Waals surface area contributed by atoms with Crippen molar-refractivity contribution in [2.24, 2.45) is 0 Å². The number of hydrogen-bond acceptors (Lipinski definition) is 15. The number of carbonyl (C=O) groups is 4. The van der Waals surface area contributed by atoms with E-state index >= 15 is 0 Å². The zero-order chi connectivity index (χ0) is 77.4. The fraction of sp³-hybridized carbons (Fsp3) is 0.678. The van der Waals surface area contributed by atoms with Gasteiger partial charge in [-0.05, 0) is 141 Å². The van der Waals surface area contributed by atoms with Crippen molar-refractivity contribution in [3.05, 3.63) is 146 Å². The normalized spacial score (nSPS) is 14.6. The van der Waals surface area contributed by atoms with Crippen molar-refractivity contribution in [2.45, 2.75) is 341 Å². The summed E-state index contributed by atoms with van der Waals surface area (Å²) < 4.78 is 68.6. The molecular formula is C87H146O17P2. The first-order valence-electron chi connectivity index (χ1n) is 41.1. The SMILES string of the molecule is CC/C=C\C/C=C\C/C=C\C/C=C\C/C=C\CCCCCC(=O)O[C@H](COC(=O)CCCCCCCCCCCCCCC)COP(=O)(O)OC[C@H](O)COP(=O)(O)OC[C@@H](COC(=O)CCCCCCC/C=C\C/C=C\CCCCC)OC(=O)CC/C=C\C/C=C\C/C=C\C/C=C\C/C=C\CCCCC. The fourth-order valence-electron chi connectivity index (χ4n) is 10.6. The summed E-state index contributed by atoms with van der Waals surface area (Å²) in [5, 5.41) is 10.7. The Labute approximate surface area is 643 Å². The molecule has 0 spiro atoms. The quantitative estimate of drug-likeness (QED) is 0.0169. The Kier molecular flexibility index (Phi) is 74.3. The number of ether oxygens (including phenoxy) is 4. The number of unbranched alkanes of at least 4 members (excludes halogenated alkanes) is 26. The summed E-state index contributed by atoms with van der Waals surface area (Å²) in [6.07, 6.45) is 89.8. The number of hydrogen-bond donors (Lipinski definition) is 3. The number of esters is 4. The Balaban J connectivity index is 5.48. The summed E-state index contributed by atoms with van der Waals surface area (Å²) in [5.74, 6) is -2.32. The third kappa shape index (κ3) is 77.1. The van der Waals surface area contributed by atoms with Crippen LogP contribution in [0.5, 0.6) is 0 Å². The maximum Gasteiger partial charge on any atom is 0.472 e. The van der Waals surface area contributed by atoms with Gasteiger partial charge in [-0.15, -0.1) is 0 Å². The molecule has 0 aliphatic carbocycles. The van der Waals surface area contributed by atoms with Gasteiger partial charge in [0.15, 0.2) is 12.2 Å². The first kappa shape index (κ1) is 101. The Morgan fingerprint density at radius 1 is 0.274 bits per heavy atom. The lowest BCUT2D eigenvalue weighted by atomic mass is 10.0. The van der Waals surface area contributed by atoms with E-state index in [1.165, 1.54) is 89.9 Å². The minimum absolute atomic E-state index is 0.0355. The van der Waals surface area contributed by atoms with Gasteiger partial charge in [-0.25, -0.2) is 9.13 Å². The highest BCUT2D eigenvalue weighted by Gasteiger charge is 2.30. The van der Waals surface area contributed by atoms with Gasteiger partial charge in [0.2, 0.25) is 0 Å². The van der Waals surface area contributed by atoms with E-state index in [0.29, 0.717) is 32.1 Å². The third-order valence-electron chi connectivity index (χ3n) is 16.8. The van der Waals surface area contributed by atoms with Gasteiger partial charge in [0.05, 0.1) is 26.4 Å². The number of aliphatic hydroxyl groups is 1. The van der Waals surface area contributed by atoms with E-state index in [1.807, 2.05) is 18.2 Å². The lowest BCUT2D eigenvalue weighted by Crippen LogP contribution is -2.30. The number of phosphoric acid groups is 2. The molecule has 17 nitrogen and oxygen atoms in total. The Bertz CT molecular complexity index is 2580. The van der Waals surface area contributed by atoms with Gasteiger partial charge in [0.1, 0.15) is 19.3 Å². The minimum Gasteiger partial charge on any atom is -0.462 e. The van der Waals surface area contributed by atoms with Gasteiger partial charge >= 0.3 is 39.5 Å². The monoisotopic (exact) mass is 1530 g/mol. The fourth-order valence-corrected chi connectivity index (χ4v) is 12.1. The predicted molar refractivity (Wildman–Crippen MR) is 436 cm³/mol. The molecule has 0 fully saturated rings. The smallest absolute Gasteiger partial charge is 0.462 e. The second-order valence-electron chi connectivity index (χ2n) is 27.0. The molecule has 606 valence electrons. The van der Waals surface area contributed by atoms with E-state index in [2.05, 4.69) is 155 Å². The first-order chi connectivity index (χ1) is 51.7. The van der Waals surface area contributed by atoms with Gasteiger partial charge < -0.3 is 33.8 Å². The average Bonchev–Trinajstić information content (AvgIpc) is 0.937. The van der Waals surface area contributed by atoms with Crippen LogP contribution in [0.4, 0.5) is 0 Å². The molecule has 0 aliphatic rings. The van der Waals surface area contributed by atoms with Crippen molar-refractivity contribution in [3.8, 4) is 0 Å². The van der Waals surface area contributed by atoms with Crippen molar-refractivity contribution < 1.29 is 80.2 Å². The molecule has 3 N–H and O–H groups in total. The number of rotatable bonds is 76. The molecule has 0 radical (unpaired) electrons. The second-order valence-corrected chi connectivity index (χ2v) is 29.9. The molecule has 0 aromatic rings. The molecular weight excluding hydrogens is 1380 g/mol. The van der Waals surface area contributed by atoms with Crippen LogP contribution in [0.25, 0.3) is 0 Å². The van der Waals surface area contributed by atoms with E-state index in [1.54, 1.807) is 0 Å². The summed E-state index contributed by atoms with van der Waals surface area (Å²) in [7, 11) is -10.0. The largest absolute Gasteiger partial charge is 0.472 e. The van der Waals surface area contributed by atoms with Crippen LogP contribution >= 0.6 is 15.6 Å². The van der Waals surface area contributed by atoms with Crippen LogP contribution in [0.15, 0.2) is 146 Å². The summed E-state index contributed by atoms with van der Waals surface area (Å²) in [5.41, 5.74) is 0. The van der Waals surface area contributed by atoms with Crippen LogP contribution in [-0.4, -0.2) is 96.7 Å². The Hall–Kier alpha value is -5.06. The van der Waals surface area contributed by atoms with E-state index in [0.717, 1.165) is 148 Å². The van der Waals surface area contributed by atoms with Crippen molar-refractivity contribution >= 4 is 39.5 Å². The topological polar surface area (TPSA) is 237 Å². The number of carbonyl (C=O) groups excluding carboxylic acids is 4. The molecule has 0 saturated carbocycles. The Morgan fingerprint density at radius 2 is 0.509 bits per heavy atom. The highest BCUT2D eigenvalue weighted by atomic mass is 31.2. The summed E-state index contributed by atoms with van der Waals surface area (Å²) in [6, 6.07) is 0. The molecule has 0 aliphatic heterocycles. The number of allylic oxidation sites excluding steroid dienone is 24. The summed E-state index contributed by atoms with van der Waals surface area (Å²) in [4.78, 5) is 73.1. The molecule has 0 rings (SSSR count). The van der Waals surface area contributed by atoms with Crippen LogP contribution in [0.2, 0.25) is 0 Å². The highest BCUT2D eigenvalue weighted by Crippen LogP contribution is 2.45. The average molecular weight is 1530 g/mol. The predicted octanol–water partition coefficient (Wildman–Crippen LogP) is 24.2. The number of aliphatic hydroxyl groups excluding tert-OH is 1. The zero-order valence-electron chi connectivity index (χ0n) is 66.3. The molecule has 0 aromatic heterocycles. The van der Waals surface area contributed by atoms with Gasteiger partial charge in [0.25, 0.3) is 0 Å². The van der Waals surface area contributed by atoms with Crippen LogP contribution in [-0.2, 0) is 65.4 Å². The third-order valence-corrected chi connectivity index (χ3v) is 18.7. The summed E-state index contributed by atoms with van der Waals surface area (Å²) in [6.45, 7) is 4.58. The van der Waals surface area contributed by atoms with Gasteiger partial charge in [-0.2, -0.15) is 0 Å². The molecule has 0 amide bonds. The van der Waals surface area contributed by atoms with Crippen LogP contribution in [0, 0.1) is 0 Å². The highest BCUT2D eigenvalue weighted by molar-refractivity contribution is 7.47. The van der Waals surface area contributed by atoms with E-state index in [4.69, 9.17) is 37.0 Å². The molecule has 106 heavy (non-hydrogen) atoms. The van der Waals surface area contributed by atoms with Crippen molar-refractivity contribution in [1.82, 2.24) is 0 Å². The minimum atomic E-state index is -5.01. The molecule has 0 aromatic carbocycles. The van der Waals surface area contributed by atoms with Crippen molar-refractivity contribution in [2.75, 3.05) is 39.6 Å². The van der Waals surface area contributed by atoms with E-state index in [9.17, 15) is 43.2 Å². The van der Waals surface area contributed by atoms with Crippen LogP contribution in [0.3, 0.4) is 0 Å². The van der Waals surface area contributed by atoms with E-state index < -0.39 is 97.5 Å². The molecule has 2 unspecified atom stereocenters. The lowest BCUT2D eigenvalue weighted by molar-refractivity contribution is -0.161. The van der Waals surface area contributed by atoms with Gasteiger partial charge in [0, 0.05) is 25.7 Å². The van der Waals surface area contributed by atoms with Crippen LogP contribution in [0.1, 0.15) is 323 Å². The van der Waals surface area contributed by atoms with Gasteiger partial charge in [-0.1, -0.05) is 302 Å². The summed E-state index contributed by atoms with van der Waals surface area (Å²) >= 11 is 0. The zero-order valence-corrected chi connectivity index (χ0v) is 68.1. The first-order valence-corrected chi connectivity index (χ1v) is 44.1. The van der Waals surface area contributed by atoms with Crippen molar-refractivity contribution in [3.63, 3.8) is 0 Å². The Morgan fingerprint density at radius 3 is 0.840 bits per heavy atom. The lowest BCUT2D eigenvalue weighted by Gasteiger charge is -2.21. The standard InChI is InChI=1S/C87H146O17P2/c1-5-9-13-17-21-25-29-33-36-38-40-42-45-49-53-57-61-65-69-73-86(91)103-82(77-97-84(89)71-67-63-59-55-51-47-32-28-24-20-16-12-8-4)79-101-105(93,94)99-75-81(88)76-100-106(95,96)102-80-83(78-98-85(90)72-68-64-60-56-52-48-44-35-31-27-23-19-15-11-7-3)104-87(92)74-70-66-62-58-54-50-46-43-41-39-37-34-30-26-22-18-14-10-6-2/h9,13,21-23,25-27,33-37,40-44,49-50,53-54,62,66,81-83,88H,5-8,10-12,14-20,24,28-32,38-39,45-48,51-52,55-61,63-65,67-80H2,1-4H3,(H,93,94)(H,95,96)/b13-9-,25-21-,26-22-,27-23-,36-33-,37-34-,42-40-,43-41-,44-35-,53-49-,54-50-,66-62-/t81-,82+,83+/m0/s1. The maximum absolute atomic E-state index is 13.1. The van der Waals surface area contributed by atoms with Crippen LogP contribution < -0.4 is 0 Å². The van der Waals surface area contributed by atoms with Crippen molar-refractivity contribution in [1.29, 1.82) is 0 Å². The molecule has 5 atom stereocenters.